The predicted octanol–water partition coefficient (Wildman–Crippen LogP) is 2.37. The first kappa shape index (κ1) is 17.8. The van der Waals surface area contributed by atoms with Crippen molar-refractivity contribution in [1.29, 1.82) is 0 Å². The second kappa shape index (κ2) is 7.51. The standard InChI is InChI=1S/C18H15FN2O4S/c19-16-7-3-4-8-17(16)25-12-18(22)20-21-26(23,24)15-10-9-13-5-1-2-6-14(13)11-15/h1-11,21H,12H2,(H,20,22). The molecule has 3 aromatic carbocycles. The predicted molar refractivity (Wildman–Crippen MR) is 94.3 cm³/mol. The molecule has 0 aliphatic rings. The lowest BCUT2D eigenvalue weighted by Gasteiger charge is -2.10. The largest absolute Gasteiger partial charge is 0.481 e. The molecule has 0 aromatic heterocycles. The fraction of sp³-hybridized carbons (Fsp3) is 0.0556. The number of rotatable bonds is 6. The number of fused-ring (bicyclic) bond motifs is 1. The Morgan fingerprint density at radius 2 is 1.65 bits per heavy atom. The zero-order chi connectivity index (χ0) is 18.6. The van der Waals surface area contributed by atoms with Gasteiger partial charge in [0.05, 0.1) is 4.90 Å². The number of carbonyl (C=O) groups is 1. The smallest absolute Gasteiger partial charge is 0.272 e. The van der Waals surface area contributed by atoms with Gasteiger partial charge in [0.1, 0.15) is 0 Å². The molecule has 0 atom stereocenters. The number of benzene rings is 3. The van der Waals surface area contributed by atoms with Crippen LogP contribution in [-0.2, 0) is 14.8 Å². The van der Waals surface area contributed by atoms with Crippen LogP contribution in [0.3, 0.4) is 0 Å². The third-order valence-corrected chi connectivity index (χ3v) is 4.80. The molecular weight excluding hydrogens is 359 g/mol. The molecule has 3 aromatic rings. The minimum Gasteiger partial charge on any atom is -0.481 e. The van der Waals surface area contributed by atoms with Crippen LogP contribution in [0.4, 0.5) is 4.39 Å². The summed E-state index contributed by atoms with van der Waals surface area (Å²) < 4.78 is 43.0. The average molecular weight is 374 g/mol. The summed E-state index contributed by atoms with van der Waals surface area (Å²) in [4.78, 5) is 13.7. The van der Waals surface area contributed by atoms with Gasteiger partial charge in [-0.05, 0) is 35.0 Å². The van der Waals surface area contributed by atoms with Gasteiger partial charge in [0.2, 0.25) is 0 Å². The Morgan fingerprint density at radius 1 is 0.962 bits per heavy atom. The fourth-order valence-corrected chi connectivity index (χ4v) is 3.15. The Hall–Kier alpha value is -2.97. The third kappa shape index (κ3) is 4.16. The van der Waals surface area contributed by atoms with Gasteiger partial charge in [0.15, 0.2) is 18.2 Å². The Kier molecular flexibility index (Phi) is 5.15. The van der Waals surface area contributed by atoms with Crippen LogP contribution in [0.2, 0.25) is 0 Å². The van der Waals surface area contributed by atoms with Crippen molar-refractivity contribution in [2.45, 2.75) is 4.90 Å². The first-order chi connectivity index (χ1) is 12.5. The minimum absolute atomic E-state index is 0.00604. The molecule has 0 fully saturated rings. The maximum atomic E-state index is 13.4. The highest BCUT2D eigenvalue weighted by Crippen LogP contribution is 2.18. The molecule has 134 valence electrons. The van der Waals surface area contributed by atoms with Gasteiger partial charge in [-0.15, -0.1) is 4.83 Å². The van der Waals surface area contributed by atoms with Crippen molar-refractivity contribution in [1.82, 2.24) is 10.3 Å². The Labute approximate surface area is 149 Å². The van der Waals surface area contributed by atoms with E-state index >= 15 is 0 Å². The lowest BCUT2D eigenvalue weighted by Crippen LogP contribution is -2.43. The fourth-order valence-electron chi connectivity index (χ4n) is 2.26. The first-order valence-electron chi connectivity index (χ1n) is 7.62. The van der Waals surface area contributed by atoms with E-state index < -0.39 is 28.4 Å². The second-order valence-corrected chi connectivity index (χ2v) is 7.06. The van der Waals surface area contributed by atoms with E-state index in [1.807, 2.05) is 22.4 Å². The van der Waals surface area contributed by atoms with Gasteiger partial charge in [-0.1, -0.05) is 42.5 Å². The molecule has 0 saturated carbocycles. The van der Waals surface area contributed by atoms with E-state index in [-0.39, 0.29) is 10.6 Å². The van der Waals surface area contributed by atoms with E-state index in [0.717, 1.165) is 10.8 Å². The average Bonchev–Trinajstić information content (AvgIpc) is 2.65. The summed E-state index contributed by atoms with van der Waals surface area (Å²) in [5.41, 5.74) is 2.03. The van der Waals surface area contributed by atoms with E-state index in [2.05, 4.69) is 0 Å². The number of hydrazine groups is 1. The number of sulfonamides is 1. The van der Waals surface area contributed by atoms with Crippen LogP contribution >= 0.6 is 0 Å². The molecule has 0 unspecified atom stereocenters. The summed E-state index contributed by atoms with van der Waals surface area (Å²) in [6.45, 7) is -0.541. The van der Waals surface area contributed by atoms with Crippen molar-refractivity contribution >= 4 is 26.7 Å². The number of hydrogen-bond acceptors (Lipinski definition) is 4. The Bertz CT molecular complexity index is 1050. The van der Waals surface area contributed by atoms with E-state index in [9.17, 15) is 17.6 Å². The second-order valence-electron chi connectivity index (χ2n) is 5.38. The summed E-state index contributed by atoms with van der Waals surface area (Å²) >= 11 is 0. The van der Waals surface area contributed by atoms with Crippen LogP contribution in [0.15, 0.2) is 71.6 Å². The van der Waals surface area contributed by atoms with Gasteiger partial charge in [-0.3, -0.25) is 10.2 Å². The molecule has 0 saturated heterocycles. The molecule has 3 rings (SSSR count). The lowest BCUT2D eigenvalue weighted by molar-refractivity contribution is -0.123. The van der Waals surface area contributed by atoms with E-state index in [1.54, 1.807) is 24.3 Å². The molecule has 2 N–H and O–H groups in total. The van der Waals surface area contributed by atoms with Crippen LogP contribution in [0.5, 0.6) is 5.75 Å². The number of nitrogens with one attached hydrogen (secondary N) is 2. The monoisotopic (exact) mass is 374 g/mol. The quantitative estimate of drug-likeness (QED) is 0.649. The number of carbonyl (C=O) groups excluding carboxylic acids is 1. The van der Waals surface area contributed by atoms with E-state index in [0.29, 0.717) is 0 Å². The molecule has 26 heavy (non-hydrogen) atoms. The zero-order valence-corrected chi connectivity index (χ0v) is 14.3. The summed E-state index contributed by atoms with van der Waals surface area (Å²) in [7, 11) is -3.95. The molecule has 0 spiro atoms. The van der Waals surface area contributed by atoms with E-state index in [1.165, 1.54) is 30.3 Å². The van der Waals surface area contributed by atoms with Crippen molar-refractivity contribution < 1.29 is 22.3 Å². The molecular formula is C18H15FN2O4S. The summed E-state index contributed by atoms with van der Waals surface area (Å²) in [6.07, 6.45) is 0. The van der Waals surface area contributed by atoms with Crippen molar-refractivity contribution in [2.75, 3.05) is 6.61 Å². The highest BCUT2D eigenvalue weighted by atomic mass is 32.2. The zero-order valence-electron chi connectivity index (χ0n) is 13.5. The van der Waals surface area contributed by atoms with Crippen molar-refractivity contribution in [2.24, 2.45) is 0 Å². The molecule has 6 nitrogen and oxygen atoms in total. The van der Waals surface area contributed by atoms with Crippen LogP contribution in [-0.4, -0.2) is 20.9 Å². The van der Waals surface area contributed by atoms with Gasteiger partial charge in [-0.25, -0.2) is 12.8 Å². The van der Waals surface area contributed by atoms with Crippen molar-refractivity contribution in [3.63, 3.8) is 0 Å². The molecule has 1 amide bonds. The molecule has 8 heteroatoms. The number of amides is 1. The normalized spacial score (nSPS) is 11.3. The molecule has 0 aliphatic carbocycles. The highest BCUT2D eigenvalue weighted by molar-refractivity contribution is 7.89. The maximum Gasteiger partial charge on any atom is 0.272 e. The van der Waals surface area contributed by atoms with Gasteiger partial charge >= 0.3 is 0 Å². The molecule has 0 bridgehead atoms. The van der Waals surface area contributed by atoms with Gasteiger partial charge in [-0.2, -0.15) is 0 Å². The van der Waals surface area contributed by atoms with Gasteiger partial charge < -0.3 is 4.74 Å². The molecule has 0 radical (unpaired) electrons. The topological polar surface area (TPSA) is 84.5 Å². The highest BCUT2D eigenvalue weighted by Gasteiger charge is 2.16. The first-order valence-corrected chi connectivity index (χ1v) is 9.11. The van der Waals surface area contributed by atoms with Gasteiger partial charge in [0, 0.05) is 0 Å². The number of halogens is 1. The third-order valence-electron chi connectivity index (χ3n) is 3.55. The van der Waals surface area contributed by atoms with E-state index in [4.69, 9.17) is 4.74 Å². The van der Waals surface area contributed by atoms with Gasteiger partial charge in [0.25, 0.3) is 15.9 Å². The number of para-hydroxylation sites is 1. The van der Waals surface area contributed by atoms with Crippen LogP contribution < -0.4 is 15.0 Å². The molecule has 0 heterocycles. The Balaban J connectivity index is 1.62. The van der Waals surface area contributed by atoms with Crippen molar-refractivity contribution in [3.8, 4) is 5.75 Å². The molecule has 0 aliphatic heterocycles. The minimum atomic E-state index is -3.95. The summed E-state index contributed by atoms with van der Waals surface area (Å²) in [5, 5.41) is 1.65. The SMILES string of the molecule is O=C(COc1ccccc1F)NNS(=O)(=O)c1ccc2ccccc2c1. The van der Waals surface area contributed by atoms with Crippen LogP contribution in [0.25, 0.3) is 10.8 Å². The van der Waals surface area contributed by atoms with Crippen LogP contribution in [0.1, 0.15) is 0 Å². The van der Waals surface area contributed by atoms with Crippen LogP contribution in [0, 0.1) is 5.82 Å². The summed E-state index contributed by atoms with van der Waals surface area (Å²) in [6, 6.07) is 17.5. The number of hydrogen-bond donors (Lipinski definition) is 2. The lowest BCUT2D eigenvalue weighted by atomic mass is 10.1. The maximum absolute atomic E-state index is 13.4. The Morgan fingerprint density at radius 3 is 2.42 bits per heavy atom. The summed E-state index contributed by atoms with van der Waals surface area (Å²) in [5.74, 6) is -1.48. The van der Waals surface area contributed by atoms with Crippen molar-refractivity contribution in [3.05, 3.63) is 72.5 Å². The number of ether oxygens (including phenoxy) is 1.